The maximum atomic E-state index is 12.7. The van der Waals surface area contributed by atoms with Gasteiger partial charge >= 0.3 is 0 Å². The molecular formula is C21H29N5O4. The number of carbonyl (C=O) groups is 2. The number of likely N-dealkylation sites (tertiary alicyclic amines) is 1. The minimum atomic E-state index is -0.255. The van der Waals surface area contributed by atoms with Gasteiger partial charge in [-0.1, -0.05) is 0 Å². The SMILES string of the molecule is COc1cc(C(=O)NCCc2cnn(C)c2)cc(NC(=O)CN2CCCC2)c1OC. The summed E-state index contributed by atoms with van der Waals surface area (Å²) in [7, 11) is 4.85. The van der Waals surface area contributed by atoms with Crippen molar-refractivity contribution in [2.24, 2.45) is 7.05 Å². The van der Waals surface area contributed by atoms with E-state index in [1.165, 1.54) is 14.2 Å². The van der Waals surface area contributed by atoms with Crippen LogP contribution in [0.25, 0.3) is 0 Å². The second-order valence-corrected chi connectivity index (χ2v) is 7.32. The van der Waals surface area contributed by atoms with Crippen LogP contribution in [-0.4, -0.2) is 66.9 Å². The van der Waals surface area contributed by atoms with E-state index in [-0.39, 0.29) is 11.8 Å². The van der Waals surface area contributed by atoms with E-state index in [1.54, 1.807) is 23.0 Å². The lowest BCUT2D eigenvalue weighted by molar-refractivity contribution is -0.117. The molecule has 0 bridgehead atoms. The number of ether oxygens (including phenoxy) is 2. The van der Waals surface area contributed by atoms with Gasteiger partial charge in [-0.15, -0.1) is 0 Å². The minimum Gasteiger partial charge on any atom is -0.493 e. The molecule has 0 saturated carbocycles. The van der Waals surface area contributed by atoms with Crippen molar-refractivity contribution in [2.45, 2.75) is 19.3 Å². The molecule has 1 aromatic carbocycles. The zero-order valence-electron chi connectivity index (χ0n) is 17.7. The lowest BCUT2D eigenvalue weighted by atomic mass is 10.1. The van der Waals surface area contributed by atoms with Gasteiger partial charge in [-0.2, -0.15) is 5.10 Å². The van der Waals surface area contributed by atoms with Gasteiger partial charge in [0, 0.05) is 25.4 Å². The average molecular weight is 415 g/mol. The number of anilines is 1. The van der Waals surface area contributed by atoms with Crippen LogP contribution in [0.1, 0.15) is 28.8 Å². The molecule has 9 nitrogen and oxygen atoms in total. The van der Waals surface area contributed by atoms with E-state index in [1.807, 2.05) is 13.2 Å². The fraction of sp³-hybridized carbons (Fsp3) is 0.476. The quantitative estimate of drug-likeness (QED) is 0.643. The summed E-state index contributed by atoms with van der Waals surface area (Å²) in [5, 5.41) is 9.88. The molecule has 0 aliphatic carbocycles. The van der Waals surface area contributed by atoms with Gasteiger partial charge in [0.15, 0.2) is 11.5 Å². The fourth-order valence-electron chi connectivity index (χ4n) is 3.55. The Labute approximate surface area is 176 Å². The number of aromatic nitrogens is 2. The number of aryl methyl sites for hydroxylation is 1. The van der Waals surface area contributed by atoms with Gasteiger partial charge in [0.05, 0.1) is 32.6 Å². The molecule has 0 spiro atoms. The van der Waals surface area contributed by atoms with Crippen LogP contribution in [0, 0.1) is 0 Å². The van der Waals surface area contributed by atoms with Crippen LogP contribution in [-0.2, 0) is 18.3 Å². The van der Waals surface area contributed by atoms with Crippen molar-refractivity contribution in [1.82, 2.24) is 20.0 Å². The first kappa shape index (κ1) is 21.6. The Hall–Kier alpha value is -3.07. The summed E-state index contributed by atoms with van der Waals surface area (Å²) >= 11 is 0. The summed E-state index contributed by atoms with van der Waals surface area (Å²) < 4.78 is 12.5. The Kier molecular flexibility index (Phi) is 7.29. The highest BCUT2D eigenvalue weighted by Crippen LogP contribution is 2.36. The first-order valence-corrected chi connectivity index (χ1v) is 10.0. The molecule has 1 saturated heterocycles. The highest BCUT2D eigenvalue weighted by molar-refractivity contribution is 5.99. The van der Waals surface area contributed by atoms with Gasteiger partial charge in [0.2, 0.25) is 5.91 Å². The Bertz CT molecular complexity index is 890. The molecule has 0 radical (unpaired) electrons. The third-order valence-corrected chi connectivity index (χ3v) is 5.04. The summed E-state index contributed by atoms with van der Waals surface area (Å²) in [4.78, 5) is 27.3. The summed E-state index contributed by atoms with van der Waals surface area (Å²) in [5.74, 6) is 0.370. The van der Waals surface area contributed by atoms with E-state index < -0.39 is 0 Å². The predicted octanol–water partition coefficient (Wildman–Crippen LogP) is 1.44. The zero-order chi connectivity index (χ0) is 21.5. The average Bonchev–Trinajstić information content (AvgIpc) is 3.38. The van der Waals surface area contributed by atoms with Crippen molar-refractivity contribution < 1.29 is 19.1 Å². The van der Waals surface area contributed by atoms with E-state index in [9.17, 15) is 9.59 Å². The first-order valence-electron chi connectivity index (χ1n) is 10.0. The summed E-state index contributed by atoms with van der Waals surface area (Å²) in [6.07, 6.45) is 6.58. The van der Waals surface area contributed by atoms with Crippen LogP contribution in [0.2, 0.25) is 0 Å². The third-order valence-electron chi connectivity index (χ3n) is 5.04. The van der Waals surface area contributed by atoms with Crippen molar-refractivity contribution in [3.8, 4) is 11.5 Å². The molecule has 0 atom stereocenters. The number of hydrogen-bond donors (Lipinski definition) is 2. The number of nitrogens with one attached hydrogen (secondary N) is 2. The first-order chi connectivity index (χ1) is 14.5. The maximum Gasteiger partial charge on any atom is 0.251 e. The Balaban J connectivity index is 1.69. The molecule has 1 fully saturated rings. The molecule has 162 valence electrons. The number of hydrogen-bond acceptors (Lipinski definition) is 6. The number of amides is 2. The van der Waals surface area contributed by atoms with E-state index >= 15 is 0 Å². The van der Waals surface area contributed by atoms with Gasteiger partial charge in [-0.05, 0) is 50.0 Å². The van der Waals surface area contributed by atoms with Crippen molar-refractivity contribution in [1.29, 1.82) is 0 Å². The monoisotopic (exact) mass is 415 g/mol. The predicted molar refractivity (Wildman–Crippen MR) is 113 cm³/mol. The van der Waals surface area contributed by atoms with Crippen LogP contribution in [0.5, 0.6) is 11.5 Å². The van der Waals surface area contributed by atoms with Crippen molar-refractivity contribution in [2.75, 3.05) is 45.7 Å². The molecule has 3 rings (SSSR count). The number of methoxy groups -OCH3 is 2. The molecule has 1 aliphatic rings. The second kappa shape index (κ2) is 10.1. The molecule has 30 heavy (non-hydrogen) atoms. The highest BCUT2D eigenvalue weighted by atomic mass is 16.5. The lowest BCUT2D eigenvalue weighted by Crippen LogP contribution is -2.31. The van der Waals surface area contributed by atoms with Crippen LogP contribution in [0.3, 0.4) is 0 Å². The fourth-order valence-corrected chi connectivity index (χ4v) is 3.55. The number of carbonyl (C=O) groups excluding carboxylic acids is 2. The largest absolute Gasteiger partial charge is 0.493 e. The Morgan fingerprint density at radius 3 is 2.57 bits per heavy atom. The topological polar surface area (TPSA) is 97.7 Å². The molecule has 1 aliphatic heterocycles. The minimum absolute atomic E-state index is 0.147. The van der Waals surface area contributed by atoms with Gasteiger partial charge in [-0.3, -0.25) is 19.2 Å². The molecule has 2 heterocycles. The summed E-state index contributed by atoms with van der Waals surface area (Å²) in [5.41, 5.74) is 1.84. The van der Waals surface area contributed by atoms with Gasteiger partial charge in [0.1, 0.15) is 0 Å². The second-order valence-electron chi connectivity index (χ2n) is 7.32. The van der Waals surface area contributed by atoms with Crippen molar-refractivity contribution in [3.05, 3.63) is 35.7 Å². The normalized spacial score (nSPS) is 13.8. The molecule has 2 amide bonds. The molecule has 2 aromatic rings. The number of nitrogens with zero attached hydrogens (tertiary/aromatic N) is 3. The van der Waals surface area contributed by atoms with Gasteiger partial charge in [0.25, 0.3) is 5.91 Å². The molecule has 9 heteroatoms. The van der Waals surface area contributed by atoms with Crippen molar-refractivity contribution in [3.63, 3.8) is 0 Å². The molecular weight excluding hydrogens is 386 g/mol. The lowest BCUT2D eigenvalue weighted by Gasteiger charge is -2.18. The van der Waals surface area contributed by atoms with E-state index in [2.05, 4.69) is 20.6 Å². The van der Waals surface area contributed by atoms with Crippen LogP contribution in [0.15, 0.2) is 24.5 Å². The number of benzene rings is 1. The Morgan fingerprint density at radius 1 is 1.17 bits per heavy atom. The summed E-state index contributed by atoms with van der Waals surface area (Å²) in [6.45, 7) is 2.63. The van der Waals surface area contributed by atoms with E-state index in [0.717, 1.165) is 31.5 Å². The molecule has 2 N–H and O–H groups in total. The third kappa shape index (κ3) is 5.50. The van der Waals surface area contributed by atoms with E-state index in [0.29, 0.717) is 42.3 Å². The highest BCUT2D eigenvalue weighted by Gasteiger charge is 2.20. The van der Waals surface area contributed by atoms with Crippen LogP contribution < -0.4 is 20.1 Å². The van der Waals surface area contributed by atoms with Gasteiger partial charge < -0.3 is 20.1 Å². The van der Waals surface area contributed by atoms with Crippen LogP contribution in [0.4, 0.5) is 5.69 Å². The standard InChI is InChI=1S/C21H29N5O4/c1-25-13-15(12-23-25)6-7-22-21(28)16-10-17(20(30-3)18(11-16)29-2)24-19(27)14-26-8-4-5-9-26/h10-13H,4-9,14H2,1-3H3,(H,22,28)(H,24,27). The smallest absolute Gasteiger partial charge is 0.251 e. The Morgan fingerprint density at radius 2 is 1.93 bits per heavy atom. The van der Waals surface area contributed by atoms with E-state index in [4.69, 9.17) is 9.47 Å². The number of rotatable bonds is 9. The zero-order valence-corrected chi connectivity index (χ0v) is 17.7. The molecule has 1 aromatic heterocycles. The summed E-state index contributed by atoms with van der Waals surface area (Å²) in [6, 6.07) is 3.22. The molecule has 0 unspecified atom stereocenters. The van der Waals surface area contributed by atoms with Crippen molar-refractivity contribution >= 4 is 17.5 Å². The van der Waals surface area contributed by atoms with Crippen LogP contribution >= 0.6 is 0 Å². The van der Waals surface area contributed by atoms with Gasteiger partial charge in [-0.25, -0.2) is 0 Å². The maximum absolute atomic E-state index is 12.7.